The Morgan fingerprint density at radius 1 is 1.29 bits per heavy atom. The number of anilines is 2. The van der Waals surface area contributed by atoms with Gasteiger partial charge in [-0.05, 0) is 38.6 Å². The van der Waals surface area contributed by atoms with Gasteiger partial charge in [0.2, 0.25) is 0 Å². The summed E-state index contributed by atoms with van der Waals surface area (Å²) in [5.74, 6) is 0. The summed E-state index contributed by atoms with van der Waals surface area (Å²) in [6, 6.07) is 5.55. The molecule has 1 fully saturated rings. The Balaban J connectivity index is 2.31. The molecule has 1 aliphatic heterocycles. The standard InChI is InChI=1S/C15H24N4O2/c1-3-8-16-13-6-4-7-14(15(13)19(20)21)18-10-5-9-17(2)11-12-18/h4,6-7,16H,3,5,8-12H2,1-2H3. The topological polar surface area (TPSA) is 61.6 Å². The van der Waals surface area contributed by atoms with Gasteiger partial charge >= 0.3 is 5.69 Å². The number of hydrogen-bond acceptors (Lipinski definition) is 5. The third kappa shape index (κ3) is 3.85. The molecule has 1 aliphatic rings. The number of nitrogens with zero attached hydrogens (tertiary/aromatic N) is 3. The fourth-order valence-corrected chi connectivity index (χ4v) is 2.67. The Labute approximate surface area is 125 Å². The van der Waals surface area contributed by atoms with E-state index in [4.69, 9.17) is 0 Å². The summed E-state index contributed by atoms with van der Waals surface area (Å²) in [5.41, 5.74) is 1.56. The van der Waals surface area contributed by atoms with Gasteiger partial charge in [0.1, 0.15) is 11.4 Å². The molecule has 0 saturated carbocycles. The van der Waals surface area contributed by atoms with E-state index < -0.39 is 0 Å². The molecule has 0 unspecified atom stereocenters. The van der Waals surface area contributed by atoms with E-state index >= 15 is 0 Å². The highest BCUT2D eigenvalue weighted by Gasteiger charge is 2.24. The molecule has 1 saturated heterocycles. The number of hydrogen-bond donors (Lipinski definition) is 1. The maximum Gasteiger partial charge on any atom is 0.315 e. The van der Waals surface area contributed by atoms with Crippen LogP contribution in [-0.4, -0.2) is 49.6 Å². The van der Waals surface area contributed by atoms with Crippen molar-refractivity contribution in [3.05, 3.63) is 28.3 Å². The number of nitro groups is 1. The van der Waals surface area contributed by atoms with Crippen LogP contribution in [0.5, 0.6) is 0 Å². The quantitative estimate of drug-likeness (QED) is 0.667. The Kier molecular flexibility index (Phi) is 5.38. The minimum Gasteiger partial charge on any atom is -0.379 e. The van der Waals surface area contributed by atoms with Gasteiger partial charge in [-0.1, -0.05) is 13.0 Å². The van der Waals surface area contributed by atoms with Crippen molar-refractivity contribution in [1.82, 2.24) is 4.90 Å². The molecular formula is C15H24N4O2. The smallest absolute Gasteiger partial charge is 0.315 e. The van der Waals surface area contributed by atoms with Crippen molar-refractivity contribution in [3.63, 3.8) is 0 Å². The van der Waals surface area contributed by atoms with E-state index in [-0.39, 0.29) is 10.6 Å². The maximum atomic E-state index is 11.5. The zero-order valence-corrected chi connectivity index (χ0v) is 12.8. The van der Waals surface area contributed by atoms with Gasteiger partial charge in [0.25, 0.3) is 0 Å². The molecule has 1 aromatic rings. The highest BCUT2D eigenvalue weighted by Crippen LogP contribution is 2.35. The van der Waals surface area contributed by atoms with Crippen LogP contribution in [-0.2, 0) is 0 Å². The molecule has 1 aromatic carbocycles. The van der Waals surface area contributed by atoms with E-state index in [1.54, 1.807) is 6.07 Å². The fourth-order valence-electron chi connectivity index (χ4n) is 2.67. The van der Waals surface area contributed by atoms with Crippen molar-refractivity contribution in [2.75, 3.05) is 50.0 Å². The zero-order chi connectivity index (χ0) is 15.2. The minimum absolute atomic E-state index is 0.204. The first-order valence-electron chi connectivity index (χ1n) is 7.58. The second-order valence-electron chi connectivity index (χ2n) is 5.50. The number of rotatable bonds is 5. The van der Waals surface area contributed by atoms with Crippen LogP contribution in [0.1, 0.15) is 19.8 Å². The molecular weight excluding hydrogens is 268 g/mol. The predicted octanol–water partition coefficient (Wildman–Crippen LogP) is 2.56. The summed E-state index contributed by atoms with van der Waals surface area (Å²) >= 11 is 0. The number of benzene rings is 1. The van der Waals surface area contributed by atoms with Crippen LogP contribution < -0.4 is 10.2 Å². The highest BCUT2D eigenvalue weighted by atomic mass is 16.6. The van der Waals surface area contributed by atoms with Gasteiger partial charge in [0, 0.05) is 26.2 Å². The molecule has 0 bridgehead atoms. The number of nitrogens with one attached hydrogen (secondary N) is 1. The number of nitro benzene ring substituents is 1. The van der Waals surface area contributed by atoms with Gasteiger partial charge in [-0.2, -0.15) is 0 Å². The van der Waals surface area contributed by atoms with Gasteiger partial charge in [-0.15, -0.1) is 0 Å². The van der Waals surface area contributed by atoms with Crippen molar-refractivity contribution in [2.45, 2.75) is 19.8 Å². The first-order chi connectivity index (χ1) is 10.1. The van der Waals surface area contributed by atoms with Crippen LogP contribution in [0.3, 0.4) is 0 Å². The lowest BCUT2D eigenvalue weighted by Gasteiger charge is -2.23. The van der Waals surface area contributed by atoms with E-state index in [0.29, 0.717) is 5.69 Å². The van der Waals surface area contributed by atoms with Gasteiger partial charge in [-0.25, -0.2) is 0 Å². The van der Waals surface area contributed by atoms with Gasteiger partial charge in [0.15, 0.2) is 0 Å². The summed E-state index contributed by atoms with van der Waals surface area (Å²) in [6.45, 7) is 6.46. The third-order valence-electron chi connectivity index (χ3n) is 3.82. The summed E-state index contributed by atoms with van der Waals surface area (Å²) in [4.78, 5) is 15.7. The molecule has 21 heavy (non-hydrogen) atoms. The van der Waals surface area contributed by atoms with Crippen molar-refractivity contribution in [3.8, 4) is 0 Å². The Hall–Kier alpha value is -1.82. The average Bonchev–Trinajstić information content (AvgIpc) is 2.69. The SMILES string of the molecule is CCCNc1cccc(N2CCCN(C)CC2)c1[N+](=O)[O-]. The molecule has 0 radical (unpaired) electrons. The monoisotopic (exact) mass is 292 g/mol. The number of likely N-dealkylation sites (N-methyl/N-ethyl adjacent to an activating group) is 1. The molecule has 0 aromatic heterocycles. The van der Waals surface area contributed by atoms with Gasteiger partial charge in [-0.3, -0.25) is 10.1 Å². The number of para-hydroxylation sites is 1. The molecule has 2 rings (SSSR count). The Morgan fingerprint density at radius 2 is 2.10 bits per heavy atom. The lowest BCUT2D eigenvalue weighted by Crippen LogP contribution is -2.29. The van der Waals surface area contributed by atoms with Crippen molar-refractivity contribution < 1.29 is 4.92 Å². The van der Waals surface area contributed by atoms with E-state index in [1.807, 2.05) is 19.1 Å². The molecule has 0 aliphatic carbocycles. The summed E-state index contributed by atoms with van der Waals surface area (Å²) in [5, 5.41) is 14.7. The first-order valence-corrected chi connectivity index (χ1v) is 7.58. The molecule has 0 atom stereocenters. The molecule has 0 amide bonds. The lowest BCUT2D eigenvalue weighted by atomic mass is 10.2. The first kappa shape index (κ1) is 15.6. The van der Waals surface area contributed by atoms with E-state index in [2.05, 4.69) is 22.2 Å². The van der Waals surface area contributed by atoms with Crippen molar-refractivity contribution in [1.29, 1.82) is 0 Å². The molecule has 1 N–H and O–H groups in total. The second kappa shape index (κ2) is 7.26. The largest absolute Gasteiger partial charge is 0.379 e. The zero-order valence-electron chi connectivity index (χ0n) is 12.8. The van der Waals surface area contributed by atoms with E-state index in [9.17, 15) is 10.1 Å². The van der Waals surface area contributed by atoms with Crippen molar-refractivity contribution in [2.24, 2.45) is 0 Å². The predicted molar refractivity (Wildman–Crippen MR) is 86.2 cm³/mol. The summed E-state index contributed by atoms with van der Waals surface area (Å²) in [7, 11) is 2.09. The normalized spacial score (nSPS) is 16.6. The molecule has 116 valence electrons. The molecule has 6 heteroatoms. The average molecular weight is 292 g/mol. The van der Waals surface area contributed by atoms with Crippen LogP contribution in [0.25, 0.3) is 0 Å². The fraction of sp³-hybridized carbons (Fsp3) is 0.600. The minimum atomic E-state index is -0.262. The van der Waals surface area contributed by atoms with E-state index in [1.165, 1.54) is 0 Å². The maximum absolute atomic E-state index is 11.5. The van der Waals surface area contributed by atoms with Crippen LogP contribution in [0.4, 0.5) is 17.1 Å². The van der Waals surface area contributed by atoms with Crippen LogP contribution in [0.2, 0.25) is 0 Å². The van der Waals surface area contributed by atoms with Crippen LogP contribution >= 0.6 is 0 Å². The van der Waals surface area contributed by atoms with Crippen LogP contribution in [0.15, 0.2) is 18.2 Å². The highest BCUT2D eigenvalue weighted by molar-refractivity contribution is 5.77. The van der Waals surface area contributed by atoms with Crippen LogP contribution in [0, 0.1) is 10.1 Å². The third-order valence-corrected chi connectivity index (χ3v) is 3.82. The van der Waals surface area contributed by atoms with Crippen molar-refractivity contribution >= 4 is 17.1 Å². The van der Waals surface area contributed by atoms with Gasteiger partial charge in [0.05, 0.1) is 4.92 Å². The Morgan fingerprint density at radius 3 is 2.81 bits per heavy atom. The van der Waals surface area contributed by atoms with Gasteiger partial charge < -0.3 is 15.1 Å². The van der Waals surface area contributed by atoms with E-state index in [0.717, 1.165) is 51.3 Å². The molecule has 1 heterocycles. The summed E-state index contributed by atoms with van der Waals surface area (Å²) in [6.07, 6.45) is 1.97. The lowest BCUT2D eigenvalue weighted by molar-refractivity contribution is -0.383. The Bertz CT molecular complexity index is 493. The molecule has 6 nitrogen and oxygen atoms in total. The summed E-state index contributed by atoms with van der Waals surface area (Å²) < 4.78 is 0. The second-order valence-corrected chi connectivity index (χ2v) is 5.50. The molecule has 0 spiro atoms.